The number of anilines is 1. The fourth-order valence-electron chi connectivity index (χ4n) is 2.99. The minimum atomic E-state index is -0.147. The molecule has 2 aromatic carbocycles. The topological polar surface area (TPSA) is 69.8 Å². The van der Waals surface area contributed by atoms with Gasteiger partial charge in [-0.1, -0.05) is 60.2 Å². The van der Waals surface area contributed by atoms with Gasteiger partial charge in [-0.3, -0.25) is 4.79 Å². The van der Waals surface area contributed by atoms with E-state index in [1.54, 1.807) is 6.20 Å². The van der Waals surface area contributed by atoms with Crippen molar-refractivity contribution in [2.75, 3.05) is 18.4 Å². The highest BCUT2D eigenvalue weighted by Gasteiger charge is 2.13. The van der Waals surface area contributed by atoms with Crippen LogP contribution in [-0.2, 0) is 0 Å². The molecule has 0 amide bonds. The lowest BCUT2D eigenvalue weighted by atomic mass is 10.0. The van der Waals surface area contributed by atoms with Crippen molar-refractivity contribution in [1.82, 2.24) is 15.3 Å². The Balaban J connectivity index is 0.000000156. The van der Waals surface area contributed by atoms with Gasteiger partial charge >= 0.3 is 0 Å². The van der Waals surface area contributed by atoms with Crippen molar-refractivity contribution in [2.24, 2.45) is 0 Å². The summed E-state index contributed by atoms with van der Waals surface area (Å²) in [7, 11) is 0. The van der Waals surface area contributed by atoms with Gasteiger partial charge in [-0.25, -0.2) is 4.98 Å². The van der Waals surface area contributed by atoms with Crippen LogP contribution in [0.2, 0.25) is 0 Å². The van der Waals surface area contributed by atoms with Crippen molar-refractivity contribution in [3.8, 4) is 11.1 Å². The number of rotatable bonds is 3. The lowest BCUT2D eigenvalue weighted by Crippen LogP contribution is -2.36. The summed E-state index contributed by atoms with van der Waals surface area (Å²) in [6.45, 7) is 4.11. The molecule has 4 rings (SSSR count). The van der Waals surface area contributed by atoms with E-state index in [9.17, 15) is 4.79 Å². The summed E-state index contributed by atoms with van der Waals surface area (Å²) in [5.74, 6) is 0.430. The maximum Gasteiger partial charge on any atom is 0.290 e. The van der Waals surface area contributed by atoms with Crippen LogP contribution in [0.5, 0.6) is 0 Å². The van der Waals surface area contributed by atoms with Crippen LogP contribution in [0.4, 0.5) is 5.82 Å². The van der Waals surface area contributed by atoms with Crippen molar-refractivity contribution in [1.29, 1.82) is 0 Å². The lowest BCUT2D eigenvalue weighted by Gasteiger charge is -2.23. The van der Waals surface area contributed by atoms with Crippen molar-refractivity contribution in [3.05, 3.63) is 82.9 Å². The zero-order valence-corrected chi connectivity index (χ0v) is 15.6. The fourth-order valence-corrected chi connectivity index (χ4v) is 2.99. The minimum Gasteiger partial charge on any atom is -0.363 e. The average Bonchev–Trinajstić information content (AvgIpc) is 2.72. The molecule has 0 bridgehead atoms. The third kappa shape index (κ3) is 5.79. The molecule has 27 heavy (non-hydrogen) atoms. The van der Waals surface area contributed by atoms with Crippen LogP contribution in [0.15, 0.2) is 71.8 Å². The van der Waals surface area contributed by atoms with Crippen molar-refractivity contribution in [2.45, 2.75) is 25.8 Å². The first-order valence-corrected chi connectivity index (χ1v) is 9.35. The summed E-state index contributed by atoms with van der Waals surface area (Å²) >= 11 is 0. The number of aromatic amines is 1. The quantitative estimate of drug-likeness (QED) is 0.666. The van der Waals surface area contributed by atoms with E-state index in [0.717, 1.165) is 25.9 Å². The number of H-pyrrole nitrogens is 1. The standard InChI is InChI=1S/C13H12.C9H14N4O/c1-11-7-9-13(10-8-11)12-5-3-2-4-6-12;14-9-8(11-5-6-12-9)13-7-1-3-10-4-2-7/h2-10H,1H3;5-7,10H,1-4H2,(H,11,13)(H,12,14). The molecule has 0 atom stereocenters. The first-order chi connectivity index (χ1) is 13.2. The zero-order valence-electron chi connectivity index (χ0n) is 15.6. The second-order valence-electron chi connectivity index (χ2n) is 6.67. The summed E-state index contributed by atoms with van der Waals surface area (Å²) in [5, 5.41) is 6.42. The second kappa shape index (κ2) is 9.69. The molecule has 2 heterocycles. The van der Waals surface area contributed by atoms with Gasteiger partial charge in [0.2, 0.25) is 0 Å². The van der Waals surface area contributed by atoms with Crippen LogP contribution in [-0.4, -0.2) is 29.1 Å². The summed E-state index contributed by atoms with van der Waals surface area (Å²) in [4.78, 5) is 17.9. The molecule has 1 aliphatic heterocycles. The predicted octanol–water partition coefficient (Wildman–Crippen LogP) is 3.60. The Bertz CT molecular complexity index is 869. The highest BCUT2D eigenvalue weighted by molar-refractivity contribution is 5.63. The Morgan fingerprint density at radius 1 is 0.963 bits per heavy atom. The molecular weight excluding hydrogens is 336 g/mol. The van der Waals surface area contributed by atoms with Gasteiger partial charge in [0.1, 0.15) is 0 Å². The summed E-state index contributed by atoms with van der Waals surface area (Å²) < 4.78 is 0. The smallest absolute Gasteiger partial charge is 0.290 e. The number of aromatic nitrogens is 2. The number of nitrogens with zero attached hydrogens (tertiary/aromatic N) is 1. The van der Waals surface area contributed by atoms with Crippen LogP contribution < -0.4 is 16.2 Å². The molecule has 3 N–H and O–H groups in total. The van der Waals surface area contributed by atoms with E-state index in [1.807, 2.05) is 6.07 Å². The normalized spacial score (nSPS) is 14.1. The molecule has 140 valence electrons. The van der Waals surface area contributed by atoms with E-state index in [4.69, 9.17) is 0 Å². The van der Waals surface area contributed by atoms with Crippen molar-refractivity contribution in [3.63, 3.8) is 0 Å². The largest absolute Gasteiger partial charge is 0.363 e. The maximum absolute atomic E-state index is 11.3. The Hall–Kier alpha value is -2.92. The van der Waals surface area contributed by atoms with Crippen LogP contribution in [0.25, 0.3) is 11.1 Å². The third-order valence-corrected chi connectivity index (χ3v) is 4.55. The van der Waals surface area contributed by atoms with Gasteiger partial charge in [-0.2, -0.15) is 0 Å². The van der Waals surface area contributed by atoms with Crippen molar-refractivity contribution >= 4 is 5.82 Å². The molecule has 0 spiro atoms. The second-order valence-corrected chi connectivity index (χ2v) is 6.67. The van der Waals surface area contributed by atoms with E-state index in [2.05, 4.69) is 76.1 Å². The lowest BCUT2D eigenvalue weighted by molar-refractivity contribution is 0.478. The van der Waals surface area contributed by atoms with Crippen LogP contribution in [0.3, 0.4) is 0 Å². The molecule has 1 fully saturated rings. The van der Waals surface area contributed by atoms with Gasteiger partial charge in [-0.05, 0) is 44.0 Å². The Labute approximate surface area is 159 Å². The molecule has 0 aliphatic carbocycles. The van der Waals surface area contributed by atoms with Gasteiger partial charge < -0.3 is 15.6 Å². The highest BCUT2D eigenvalue weighted by atomic mass is 16.1. The molecular formula is C22H26N4O. The number of nitrogens with one attached hydrogen (secondary N) is 3. The van der Waals surface area contributed by atoms with E-state index in [0.29, 0.717) is 11.9 Å². The molecule has 1 aliphatic rings. The molecule has 5 nitrogen and oxygen atoms in total. The van der Waals surface area contributed by atoms with Gasteiger partial charge in [0.15, 0.2) is 5.82 Å². The molecule has 0 unspecified atom stereocenters. The Morgan fingerprint density at radius 3 is 2.30 bits per heavy atom. The first-order valence-electron chi connectivity index (χ1n) is 9.35. The van der Waals surface area contributed by atoms with Crippen LogP contribution in [0, 0.1) is 6.92 Å². The molecule has 5 heteroatoms. The van der Waals surface area contributed by atoms with Gasteiger partial charge in [-0.15, -0.1) is 0 Å². The van der Waals surface area contributed by atoms with E-state index >= 15 is 0 Å². The average molecular weight is 362 g/mol. The van der Waals surface area contributed by atoms with Crippen molar-refractivity contribution < 1.29 is 0 Å². The molecule has 3 aromatic rings. The van der Waals surface area contributed by atoms with Crippen LogP contribution in [0.1, 0.15) is 18.4 Å². The number of aryl methyl sites for hydroxylation is 1. The summed E-state index contributed by atoms with van der Waals surface area (Å²) in [5.41, 5.74) is 3.72. The predicted molar refractivity (Wildman–Crippen MR) is 111 cm³/mol. The summed E-state index contributed by atoms with van der Waals surface area (Å²) in [6.07, 6.45) is 5.20. The van der Waals surface area contributed by atoms with Gasteiger partial charge in [0, 0.05) is 18.4 Å². The number of hydrogen-bond acceptors (Lipinski definition) is 4. The van der Waals surface area contributed by atoms with Gasteiger partial charge in [0.05, 0.1) is 0 Å². The monoisotopic (exact) mass is 362 g/mol. The Kier molecular flexibility index (Phi) is 6.77. The molecule has 0 radical (unpaired) electrons. The molecule has 1 saturated heterocycles. The van der Waals surface area contributed by atoms with E-state index in [1.165, 1.54) is 22.9 Å². The SMILES string of the molecule is Cc1ccc(-c2ccccc2)cc1.O=c1[nH]ccnc1NC1CCNCC1. The zero-order chi connectivity index (χ0) is 18.9. The van der Waals surface area contributed by atoms with E-state index in [-0.39, 0.29) is 5.56 Å². The summed E-state index contributed by atoms with van der Waals surface area (Å²) in [6, 6.07) is 19.4. The Morgan fingerprint density at radius 2 is 1.63 bits per heavy atom. The fraction of sp³-hybridized carbons (Fsp3) is 0.273. The molecule has 0 saturated carbocycles. The highest BCUT2D eigenvalue weighted by Crippen LogP contribution is 2.18. The number of hydrogen-bond donors (Lipinski definition) is 3. The number of piperidine rings is 1. The van der Waals surface area contributed by atoms with E-state index < -0.39 is 0 Å². The van der Waals surface area contributed by atoms with Crippen LogP contribution >= 0.6 is 0 Å². The number of benzene rings is 2. The molecule has 1 aromatic heterocycles. The maximum atomic E-state index is 11.3. The minimum absolute atomic E-state index is 0.147. The van der Waals surface area contributed by atoms with Gasteiger partial charge in [0.25, 0.3) is 5.56 Å². The first kappa shape index (κ1) is 18.9. The third-order valence-electron chi connectivity index (χ3n) is 4.55.